The minimum Gasteiger partial charge on any atom is -0.484 e. The lowest BCUT2D eigenvalue weighted by atomic mass is 10.0. The molecule has 1 amide bonds. The van der Waals surface area contributed by atoms with Crippen LogP contribution in [0.5, 0.6) is 5.75 Å². The second-order valence-electron chi connectivity index (χ2n) is 6.07. The van der Waals surface area contributed by atoms with E-state index < -0.39 is 9.84 Å². The minimum atomic E-state index is -3.23. The predicted octanol–water partition coefficient (Wildman–Crippen LogP) is 3.81. The van der Waals surface area contributed by atoms with Gasteiger partial charge < -0.3 is 10.1 Å². The zero-order valence-electron chi connectivity index (χ0n) is 15.0. The summed E-state index contributed by atoms with van der Waals surface area (Å²) < 4.78 is 29.6. The molecule has 0 unspecified atom stereocenters. The summed E-state index contributed by atoms with van der Waals surface area (Å²) in [5.74, 6) is 0.399. The van der Waals surface area contributed by atoms with E-state index in [9.17, 15) is 13.2 Å². The summed E-state index contributed by atoms with van der Waals surface area (Å²) in [5, 5.41) is 2.91. The first kappa shape index (κ1) is 20.5. The highest BCUT2D eigenvalue weighted by atomic mass is 79.9. The van der Waals surface area contributed by atoms with Crippen LogP contribution in [0.3, 0.4) is 0 Å². The van der Waals surface area contributed by atoms with Crippen LogP contribution in [0.1, 0.15) is 30.5 Å². The number of halogens is 1. The number of benzene rings is 2. The van der Waals surface area contributed by atoms with Crippen molar-refractivity contribution in [1.82, 2.24) is 5.32 Å². The van der Waals surface area contributed by atoms with E-state index in [0.717, 1.165) is 15.6 Å². The van der Waals surface area contributed by atoms with Crippen molar-refractivity contribution < 1.29 is 17.9 Å². The average Bonchev–Trinajstić information content (AvgIpc) is 2.60. The lowest BCUT2D eigenvalue weighted by Crippen LogP contribution is -2.32. The molecule has 0 aliphatic heterocycles. The molecule has 0 aliphatic rings. The Bertz CT molecular complexity index is 879. The Morgan fingerprint density at radius 2 is 1.85 bits per heavy atom. The van der Waals surface area contributed by atoms with E-state index in [-0.39, 0.29) is 23.5 Å². The summed E-state index contributed by atoms with van der Waals surface area (Å²) in [6.07, 6.45) is 1.85. The van der Waals surface area contributed by atoms with Crippen LogP contribution in [-0.4, -0.2) is 27.2 Å². The molecule has 5 nitrogen and oxygen atoms in total. The van der Waals surface area contributed by atoms with Crippen molar-refractivity contribution in [2.75, 3.05) is 12.9 Å². The molecule has 0 fully saturated rings. The third-order valence-electron chi connectivity index (χ3n) is 3.95. The second-order valence-corrected chi connectivity index (χ2v) is 8.94. The highest BCUT2D eigenvalue weighted by molar-refractivity contribution is 9.10. The van der Waals surface area contributed by atoms with Gasteiger partial charge in [-0.1, -0.05) is 35.0 Å². The minimum absolute atomic E-state index is 0.0843. The lowest BCUT2D eigenvalue weighted by Gasteiger charge is -2.18. The van der Waals surface area contributed by atoms with Crippen LogP contribution in [-0.2, 0) is 14.6 Å². The molecule has 0 spiro atoms. The largest absolute Gasteiger partial charge is 0.484 e. The normalized spacial score (nSPS) is 12.5. The standard InChI is InChI=1S/C19H22BrNO4S/c1-4-18(14-5-8-16(9-6-14)26(3,23)24)21-19(22)12-25-15-7-10-17(20)13(2)11-15/h5-11,18H,4,12H2,1-3H3,(H,21,22)/t18-/m0/s1. The van der Waals surface area contributed by atoms with E-state index in [2.05, 4.69) is 21.2 Å². The molecule has 0 heterocycles. The summed E-state index contributed by atoms with van der Waals surface area (Å²) in [6, 6.07) is 11.9. The molecule has 2 rings (SSSR count). The van der Waals surface area contributed by atoms with Crippen molar-refractivity contribution in [2.24, 2.45) is 0 Å². The number of ether oxygens (including phenoxy) is 1. The molecule has 0 saturated carbocycles. The fourth-order valence-corrected chi connectivity index (χ4v) is 3.34. The van der Waals surface area contributed by atoms with Crippen LogP contribution in [0.4, 0.5) is 0 Å². The van der Waals surface area contributed by atoms with Gasteiger partial charge in [0.1, 0.15) is 5.75 Å². The molecule has 1 atom stereocenters. The Labute approximate surface area is 162 Å². The first-order valence-electron chi connectivity index (χ1n) is 8.19. The van der Waals surface area contributed by atoms with Crippen molar-refractivity contribution in [3.05, 3.63) is 58.1 Å². The molecule has 0 aliphatic carbocycles. The van der Waals surface area contributed by atoms with Gasteiger partial charge in [-0.3, -0.25) is 4.79 Å². The summed E-state index contributed by atoms with van der Waals surface area (Å²) in [7, 11) is -3.23. The van der Waals surface area contributed by atoms with Gasteiger partial charge in [0.05, 0.1) is 10.9 Å². The maximum absolute atomic E-state index is 12.2. The Morgan fingerprint density at radius 3 is 2.38 bits per heavy atom. The molecule has 1 N–H and O–H groups in total. The Balaban J connectivity index is 1.98. The van der Waals surface area contributed by atoms with E-state index >= 15 is 0 Å². The van der Waals surface area contributed by atoms with E-state index in [1.807, 2.05) is 26.0 Å². The van der Waals surface area contributed by atoms with E-state index in [0.29, 0.717) is 12.2 Å². The topological polar surface area (TPSA) is 72.5 Å². The number of sulfone groups is 1. The number of carbonyl (C=O) groups is 1. The molecule has 0 bridgehead atoms. The molecular formula is C19H22BrNO4S. The zero-order chi connectivity index (χ0) is 19.3. The fraction of sp³-hybridized carbons (Fsp3) is 0.316. The van der Waals surface area contributed by atoms with Crippen LogP contribution < -0.4 is 10.1 Å². The molecule has 7 heteroatoms. The highest BCUT2D eigenvalue weighted by Crippen LogP contribution is 2.22. The SMILES string of the molecule is CC[C@H](NC(=O)COc1ccc(Br)c(C)c1)c1ccc(S(C)(=O)=O)cc1. The number of carbonyl (C=O) groups excluding carboxylic acids is 1. The third kappa shape index (κ3) is 5.57. The van der Waals surface area contributed by atoms with Gasteiger partial charge in [-0.05, 0) is 54.8 Å². The number of amides is 1. The van der Waals surface area contributed by atoms with Crippen molar-refractivity contribution in [2.45, 2.75) is 31.2 Å². The van der Waals surface area contributed by atoms with Gasteiger partial charge in [-0.25, -0.2) is 8.42 Å². The van der Waals surface area contributed by atoms with E-state index in [1.54, 1.807) is 30.3 Å². The summed E-state index contributed by atoms with van der Waals surface area (Å²) in [4.78, 5) is 12.5. The molecule has 0 aromatic heterocycles. The molecule has 0 radical (unpaired) electrons. The van der Waals surface area contributed by atoms with E-state index in [1.165, 1.54) is 6.26 Å². The van der Waals surface area contributed by atoms with Gasteiger partial charge in [0.15, 0.2) is 16.4 Å². The maximum atomic E-state index is 12.2. The Kier molecular flexibility index (Phi) is 6.83. The monoisotopic (exact) mass is 439 g/mol. The van der Waals surface area contributed by atoms with Gasteiger partial charge in [-0.15, -0.1) is 0 Å². The fourth-order valence-electron chi connectivity index (χ4n) is 2.46. The van der Waals surface area contributed by atoms with Gasteiger partial charge >= 0.3 is 0 Å². The summed E-state index contributed by atoms with van der Waals surface area (Å²) in [5.41, 5.74) is 1.88. The quantitative estimate of drug-likeness (QED) is 0.711. The Morgan fingerprint density at radius 1 is 1.19 bits per heavy atom. The predicted molar refractivity (Wildman–Crippen MR) is 105 cm³/mol. The van der Waals surface area contributed by atoms with Crippen molar-refractivity contribution in [1.29, 1.82) is 0 Å². The number of hydrogen-bond acceptors (Lipinski definition) is 4. The summed E-state index contributed by atoms with van der Waals surface area (Å²) in [6.45, 7) is 3.82. The van der Waals surface area contributed by atoms with Crippen molar-refractivity contribution in [3.63, 3.8) is 0 Å². The van der Waals surface area contributed by atoms with Crippen LogP contribution in [0.15, 0.2) is 51.8 Å². The zero-order valence-corrected chi connectivity index (χ0v) is 17.4. The van der Waals surface area contributed by atoms with Gasteiger partial charge in [-0.2, -0.15) is 0 Å². The number of hydrogen-bond donors (Lipinski definition) is 1. The molecular weight excluding hydrogens is 418 g/mol. The lowest BCUT2D eigenvalue weighted by molar-refractivity contribution is -0.123. The van der Waals surface area contributed by atoms with Crippen LogP contribution in [0.25, 0.3) is 0 Å². The molecule has 26 heavy (non-hydrogen) atoms. The Hall–Kier alpha value is -1.86. The maximum Gasteiger partial charge on any atom is 0.258 e. The van der Waals surface area contributed by atoms with Crippen molar-refractivity contribution in [3.8, 4) is 5.75 Å². The number of aryl methyl sites for hydroxylation is 1. The summed E-state index contributed by atoms with van der Waals surface area (Å²) >= 11 is 3.42. The van der Waals surface area contributed by atoms with E-state index in [4.69, 9.17) is 4.74 Å². The van der Waals surface area contributed by atoms with Gasteiger partial charge in [0.25, 0.3) is 5.91 Å². The number of rotatable bonds is 7. The molecule has 140 valence electrons. The molecule has 2 aromatic rings. The first-order chi connectivity index (χ1) is 12.2. The third-order valence-corrected chi connectivity index (χ3v) is 5.97. The van der Waals surface area contributed by atoms with Crippen molar-refractivity contribution >= 4 is 31.7 Å². The van der Waals surface area contributed by atoms with Crippen LogP contribution in [0.2, 0.25) is 0 Å². The van der Waals surface area contributed by atoms with Gasteiger partial charge in [0.2, 0.25) is 0 Å². The van der Waals surface area contributed by atoms with Crippen LogP contribution >= 0.6 is 15.9 Å². The second kappa shape index (κ2) is 8.68. The molecule has 2 aromatic carbocycles. The highest BCUT2D eigenvalue weighted by Gasteiger charge is 2.15. The smallest absolute Gasteiger partial charge is 0.258 e. The number of nitrogens with one attached hydrogen (secondary N) is 1. The average molecular weight is 440 g/mol. The first-order valence-corrected chi connectivity index (χ1v) is 10.9. The van der Waals surface area contributed by atoms with Gasteiger partial charge in [0, 0.05) is 10.7 Å². The molecule has 0 saturated heterocycles. The van der Waals surface area contributed by atoms with Crippen LogP contribution in [0, 0.1) is 6.92 Å².